The normalized spacial score (nSPS) is 20.1. The minimum absolute atomic E-state index is 0.255. The largest absolute Gasteiger partial charge is 0.381 e. The summed E-state index contributed by atoms with van der Waals surface area (Å²) in [6, 6.07) is 11.6. The molecular weight excluding hydrogens is 234 g/mol. The molecule has 0 amide bonds. The summed E-state index contributed by atoms with van der Waals surface area (Å²) in [5, 5.41) is 3.74. The van der Waals surface area contributed by atoms with Crippen molar-refractivity contribution in [2.24, 2.45) is 0 Å². The third-order valence-electron chi connectivity index (χ3n) is 4.43. The maximum Gasteiger partial charge on any atom is 0.0475 e. The zero-order valence-electron chi connectivity index (χ0n) is 12.3. The van der Waals surface area contributed by atoms with Gasteiger partial charge in [-0.05, 0) is 31.4 Å². The molecule has 0 bridgehead atoms. The Balaban J connectivity index is 2.32. The number of hydrogen-bond acceptors (Lipinski definition) is 2. The highest BCUT2D eigenvalue weighted by atomic mass is 16.5. The van der Waals surface area contributed by atoms with E-state index in [0.29, 0.717) is 6.04 Å². The van der Waals surface area contributed by atoms with Crippen LogP contribution in [-0.4, -0.2) is 25.8 Å². The lowest BCUT2D eigenvalue weighted by atomic mass is 9.67. The maximum absolute atomic E-state index is 5.62. The van der Waals surface area contributed by atoms with Gasteiger partial charge in [-0.1, -0.05) is 50.6 Å². The van der Waals surface area contributed by atoms with Gasteiger partial charge >= 0.3 is 0 Å². The fourth-order valence-corrected chi connectivity index (χ4v) is 3.45. The van der Waals surface area contributed by atoms with Gasteiger partial charge < -0.3 is 10.1 Å². The van der Waals surface area contributed by atoms with E-state index in [4.69, 9.17) is 4.74 Å². The summed E-state index contributed by atoms with van der Waals surface area (Å²) in [6.45, 7) is 7.31. The molecule has 19 heavy (non-hydrogen) atoms. The molecule has 0 aliphatic carbocycles. The molecule has 1 N–H and O–H groups in total. The highest BCUT2D eigenvalue weighted by Gasteiger charge is 2.40. The summed E-state index contributed by atoms with van der Waals surface area (Å²) in [5.74, 6) is 0. The molecule has 1 fully saturated rings. The molecule has 106 valence electrons. The molecule has 1 aliphatic heterocycles. The van der Waals surface area contributed by atoms with E-state index >= 15 is 0 Å². The number of nitrogens with one attached hydrogen (secondary N) is 1. The highest BCUT2D eigenvalue weighted by molar-refractivity contribution is 5.28. The standard InChI is InChI=1S/C17H27NO/c1-3-8-16(18-4-2)17(11-13-19-14-12-17)15-9-6-5-7-10-15/h5-7,9-10,16,18H,3-4,8,11-14H2,1-2H3. The number of ether oxygens (including phenoxy) is 1. The van der Waals surface area contributed by atoms with Gasteiger partial charge in [0.05, 0.1) is 0 Å². The molecule has 2 nitrogen and oxygen atoms in total. The zero-order valence-corrected chi connectivity index (χ0v) is 12.3. The molecule has 1 unspecified atom stereocenters. The molecule has 1 saturated heterocycles. The topological polar surface area (TPSA) is 21.3 Å². The number of benzene rings is 1. The smallest absolute Gasteiger partial charge is 0.0475 e. The monoisotopic (exact) mass is 261 g/mol. The fourth-order valence-electron chi connectivity index (χ4n) is 3.45. The summed E-state index contributed by atoms with van der Waals surface area (Å²) >= 11 is 0. The SMILES string of the molecule is CCCC(NCC)C1(c2ccccc2)CCOCC1. The molecule has 0 spiro atoms. The van der Waals surface area contributed by atoms with Crippen LogP contribution in [0.1, 0.15) is 45.1 Å². The number of hydrogen-bond donors (Lipinski definition) is 1. The lowest BCUT2D eigenvalue weighted by molar-refractivity contribution is 0.0330. The summed E-state index contributed by atoms with van der Waals surface area (Å²) in [6.07, 6.45) is 4.74. The molecule has 0 aromatic heterocycles. The van der Waals surface area contributed by atoms with Gasteiger partial charge in [0.1, 0.15) is 0 Å². The van der Waals surface area contributed by atoms with Crippen molar-refractivity contribution in [3.63, 3.8) is 0 Å². The Morgan fingerprint density at radius 3 is 2.42 bits per heavy atom. The van der Waals surface area contributed by atoms with Crippen LogP contribution in [0.5, 0.6) is 0 Å². The van der Waals surface area contributed by atoms with Crippen molar-refractivity contribution in [1.82, 2.24) is 5.32 Å². The van der Waals surface area contributed by atoms with Gasteiger partial charge in [-0.3, -0.25) is 0 Å². The third kappa shape index (κ3) is 3.18. The average molecular weight is 261 g/mol. The lowest BCUT2D eigenvalue weighted by Crippen LogP contribution is -2.51. The Bertz CT molecular complexity index is 351. The van der Waals surface area contributed by atoms with Gasteiger partial charge in [0.15, 0.2) is 0 Å². The van der Waals surface area contributed by atoms with Crippen LogP contribution in [0.3, 0.4) is 0 Å². The minimum atomic E-state index is 0.255. The molecule has 0 radical (unpaired) electrons. The van der Waals surface area contributed by atoms with Crippen LogP contribution in [0.4, 0.5) is 0 Å². The molecule has 1 atom stereocenters. The van der Waals surface area contributed by atoms with E-state index in [0.717, 1.165) is 32.6 Å². The molecule has 1 aromatic carbocycles. The third-order valence-corrected chi connectivity index (χ3v) is 4.43. The lowest BCUT2D eigenvalue weighted by Gasteiger charge is -2.44. The van der Waals surface area contributed by atoms with Crippen molar-refractivity contribution in [2.75, 3.05) is 19.8 Å². The molecule has 1 heterocycles. The van der Waals surface area contributed by atoms with Crippen LogP contribution in [0.15, 0.2) is 30.3 Å². The number of likely N-dealkylation sites (N-methyl/N-ethyl adjacent to an activating group) is 1. The van der Waals surface area contributed by atoms with Crippen molar-refractivity contribution in [3.05, 3.63) is 35.9 Å². The molecule has 2 heteroatoms. The fraction of sp³-hybridized carbons (Fsp3) is 0.647. The predicted molar refractivity (Wildman–Crippen MR) is 80.5 cm³/mol. The van der Waals surface area contributed by atoms with Gasteiger partial charge in [-0.15, -0.1) is 0 Å². The Morgan fingerprint density at radius 1 is 1.16 bits per heavy atom. The van der Waals surface area contributed by atoms with Gasteiger partial charge in [0.2, 0.25) is 0 Å². The average Bonchev–Trinajstić information content (AvgIpc) is 2.49. The van der Waals surface area contributed by atoms with E-state index in [9.17, 15) is 0 Å². The quantitative estimate of drug-likeness (QED) is 0.846. The minimum Gasteiger partial charge on any atom is -0.381 e. The van der Waals surface area contributed by atoms with Crippen LogP contribution in [0, 0.1) is 0 Å². The second-order valence-corrected chi connectivity index (χ2v) is 5.53. The summed E-state index contributed by atoms with van der Waals surface area (Å²) < 4.78 is 5.62. The van der Waals surface area contributed by atoms with Crippen LogP contribution >= 0.6 is 0 Å². The van der Waals surface area contributed by atoms with Crippen molar-refractivity contribution < 1.29 is 4.74 Å². The van der Waals surface area contributed by atoms with E-state index < -0.39 is 0 Å². The van der Waals surface area contributed by atoms with Crippen LogP contribution in [0.25, 0.3) is 0 Å². The summed E-state index contributed by atoms with van der Waals surface area (Å²) in [7, 11) is 0. The first-order chi connectivity index (χ1) is 9.33. The number of rotatable bonds is 6. The molecule has 0 saturated carbocycles. The Morgan fingerprint density at radius 2 is 1.84 bits per heavy atom. The highest BCUT2D eigenvalue weighted by Crippen LogP contribution is 2.39. The van der Waals surface area contributed by atoms with Crippen LogP contribution in [0.2, 0.25) is 0 Å². The van der Waals surface area contributed by atoms with Crippen molar-refractivity contribution >= 4 is 0 Å². The molecular formula is C17H27NO. The Labute approximate surface area is 117 Å². The first kappa shape index (κ1) is 14.5. The Hall–Kier alpha value is -0.860. The van der Waals surface area contributed by atoms with E-state index in [2.05, 4.69) is 49.5 Å². The van der Waals surface area contributed by atoms with Gasteiger partial charge in [-0.2, -0.15) is 0 Å². The van der Waals surface area contributed by atoms with Gasteiger partial charge in [0, 0.05) is 24.7 Å². The Kier molecular flexibility index (Phi) is 5.41. The van der Waals surface area contributed by atoms with E-state index in [1.165, 1.54) is 18.4 Å². The van der Waals surface area contributed by atoms with Gasteiger partial charge in [-0.25, -0.2) is 0 Å². The van der Waals surface area contributed by atoms with E-state index in [1.807, 2.05) is 0 Å². The van der Waals surface area contributed by atoms with Crippen molar-refractivity contribution in [1.29, 1.82) is 0 Å². The maximum atomic E-state index is 5.62. The first-order valence-electron chi connectivity index (χ1n) is 7.70. The second kappa shape index (κ2) is 7.06. The zero-order chi connectivity index (χ0) is 13.6. The molecule has 1 aliphatic rings. The second-order valence-electron chi connectivity index (χ2n) is 5.53. The van der Waals surface area contributed by atoms with E-state index in [-0.39, 0.29) is 5.41 Å². The predicted octanol–water partition coefficient (Wildman–Crippen LogP) is 3.51. The van der Waals surface area contributed by atoms with Crippen molar-refractivity contribution in [3.8, 4) is 0 Å². The first-order valence-corrected chi connectivity index (χ1v) is 7.70. The van der Waals surface area contributed by atoms with Crippen molar-refractivity contribution in [2.45, 2.75) is 51.0 Å². The molecule has 2 rings (SSSR count). The summed E-state index contributed by atoms with van der Waals surface area (Å²) in [5.41, 5.74) is 1.74. The summed E-state index contributed by atoms with van der Waals surface area (Å²) in [4.78, 5) is 0. The van der Waals surface area contributed by atoms with Crippen LogP contribution in [-0.2, 0) is 10.2 Å². The van der Waals surface area contributed by atoms with Crippen LogP contribution < -0.4 is 5.32 Å². The van der Waals surface area contributed by atoms with E-state index in [1.54, 1.807) is 0 Å². The molecule has 1 aromatic rings. The van der Waals surface area contributed by atoms with Gasteiger partial charge in [0.25, 0.3) is 0 Å².